The second-order valence-corrected chi connectivity index (χ2v) is 4.46. The van der Waals surface area contributed by atoms with E-state index >= 15 is 0 Å². The molecule has 0 saturated heterocycles. The second kappa shape index (κ2) is 6.15. The van der Waals surface area contributed by atoms with Crippen LogP contribution >= 0.6 is 0 Å². The summed E-state index contributed by atoms with van der Waals surface area (Å²) in [5.41, 5.74) is 7.61. The number of nitrogens with zero attached hydrogens (tertiary/aromatic N) is 3. The molecule has 0 spiro atoms. The Morgan fingerprint density at radius 2 is 2.05 bits per heavy atom. The third kappa shape index (κ3) is 3.93. The van der Waals surface area contributed by atoms with E-state index in [-0.39, 0.29) is 0 Å². The van der Waals surface area contributed by atoms with Gasteiger partial charge in [-0.05, 0) is 24.7 Å². The molecule has 2 N–H and O–H groups in total. The molecule has 1 aromatic heterocycles. The first-order valence-corrected chi connectivity index (χ1v) is 6.05. The second-order valence-electron chi connectivity index (χ2n) is 4.46. The first-order chi connectivity index (χ1) is 9.17. The van der Waals surface area contributed by atoms with Crippen molar-refractivity contribution in [2.24, 2.45) is 0 Å². The predicted molar refractivity (Wildman–Crippen MR) is 74.6 cm³/mol. The number of rotatable bonds is 5. The van der Waals surface area contributed by atoms with E-state index in [4.69, 9.17) is 10.5 Å². The summed E-state index contributed by atoms with van der Waals surface area (Å²) in [6.45, 7) is 1.55. The van der Waals surface area contributed by atoms with Gasteiger partial charge in [0.05, 0.1) is 25.2 Å². The van der Waals surface area contributed by atoms with Gasteiger partial charge in [0.2, 0.25) is 0 Å². The Bertz CT molecular complexity index is 527. The summed E-state index contributed by atoms with van der Waals surface area (Å²) in [5, 5.41) is 0. The van der Waals surface area contributed by atoms with Crippen LogP contribution in [0.25, 0.3) is 0 Å². The first-order valence-electron chi connectivity index (χ1n) is 6.05. The van der Waals surface area contributed by atoms with Gasteiger partial charge in [0.25, 0.3) is 0 Å². The molecular weight excluding hydrogens is 240 g/mol. The molecule has 1 heterocycles. The van der Waals surface area contributed by atoms with Crippen molar-refractivity contribution in [3.63, 3.8) is 0 Å². The van der Waals surface area contributed by atoms with Gasteiger partial charge < -0.3 is 10.5 Å². The van der Waals surface area contributed by atoms with Gasteiger partial charge in [-0.2, -0.15) is 0 Å². The lowest BCUT2D eigenvalue weighted by Gasteiger charge is -2.16. The van der Waals surface area contributed by atoms with E-state index in [0.717, 1.165) is 24.5 Å². The Morgan fingerprint density at radius 3 is 2.74 bits per heavy atom. The number of ether oxygens (including phenoxy) is 1. The summed E-state index contributed by atoms with van der Waals surface area (Å²) in [6.07, 6.45) is 3.28. The van der Waals surface area contributed by atoms with Crippen LogP contribution < -0.4 is 10.5 Å². The van der Waals surface area contributed by atoms with Gasteiger partial charge in [-0.3, -0.25) is 9.88 Å². The minimum absolute atomic E-state index is 0.444. The van der Waals surface area contributed by atoms with Gasteiger partial charge in [-0.15, -0.1) is 0 Å². The molecule has 0 radical (unpaired) electrons. The monoisotopic (exact) mass is 258 g/mol. The minimum Gasteiger partial charge on any atom is -0.497 e. The van der Waals surface area contributed by atoms with E-state index in [1.165, 1.54) is 5.56 Å². The summed E-state index contributed by atoms with van der Waals surface area (Å²) >= 11 is 0. The van der Waals surface area contributed by atoms with Crippen LogP contribution in [0.4, 0.5) is 5.82 Å². The van der Waals surface area contributed by atoms with Crippen molar-refractivity contribution in [3.05, 3.63) is 47.9 Å². The Labute approximate surface area is 113 Å². The Hall–Kier alpha value is -2.14. The van der Waals surface area contributed by atoms with E-state index in [0.29, 0.717) is 5.82 Å². The first kappa shape index (κ1) is 13.3. The molecule has 2 rings (SSSR count). The lowest BCUT2D eigenvalue weighted by Crippen LogP contribution is -2.18. The van der Waals surface area contributed by atoms with E-state index in [9.17, 15) is 0 Å². The maximum absolute atomic E-state index is 5.51. The molecule has 0 atom stereocenters. The summed E-state index contributed by atoms with van der Waals surface area (Å²) in [6, 6.07) is 8.04. The van der Waals surface area contributed by atoms with Gasteiger partial charge in [-0.1, -0.05) is 12.1 Å². The number of anilines is 1. The van der Waals surface area contributed by atoms with Crippen molar-refractivity contribution in [2.45, 2.75) is 13.1 Å². The Kier molecular flexibility index (Phi) is 4.30. The zero-order valence-electron chi connectivity index (χ0n) is 11.2. The molecule has 5 nitrogen and oxygen atoms in total. The molecule has 0 saturated carbocycles. The summed E-state index contributed by atoms with van der Waals surface area (Å²) < 4.78 is 5.21. The zero-order valence-corrected chi connectivity index (χ0v) is 11.2. The predicted octanol–water partition coefficient (Wildman–Crippen LogP) is 1.70. The lowest BCUT2D eigenvalue weighted by atomic mass is 10.2. The number of benzene rings is 1. The molecule has 100 valence electrons. The average Bonchev–Trinajstić information content (AvgIpc) is 2.41. The summed E-state index contributed by atoms with van der Waals surface area (Å²) in [5.74, 6) is 1.32. The molecule has 5 heteroatoms. The number of nitrogens with two attached hydrogens (primary N) is 1. The number of aromatic nitrogens is 2. The number of hydrogen-bond donors (Lipinski definition) is 1. The van der Waals surface area contributed by atoms with Crippen LogP contribution in [-0.4, -0.2) is 29.0 Å². The molecule has 0 fully saturated rings. The van der Waals surface area contributed by atoms with Crippen molar-refractivity contribution >= 4 is 5.82 Å². The highest BCUT2D eigenvalue weighted by Crippen LogP contribution is 2.14. The molecule has 2 aromatic rings. The summed E-state index contributed by atoms with van der Waals surface area (Å²) in [7, 11) is 3.71. The van der Waals surface area contributed by atoms with Gasteiger partial charge >= 0.3 is 0 Å². The van der Waals surface area contributed by atoms with E-state index < -0.39 is 0 Å². The standard InChI is InChI=1S/C14H18N4O/c1-18(10-12-7-17-14(15)8-16-12)9-11-4-3-5-13(6-11)19-2/h3-8H,9-10H2,1-2H3,(H2,15,17). The molecule has 0 aliphatic heterocycles. The van der Waals surface area contributed by atoms with Crippen LogP contribution in [0.2, 0.25) is 0 Å². The molecule has 0 aliphatic carbocycles. The van der Waals surface area contributed by atoms with Crippen LogP contribution in [-0.2, 0) is 13.1 Å². The quantitative estimate of drug-likeness (QED) is 0.884. The van der Waals surface area contributed by atoms with Crippen molar-refractivity contribution in [1.82, 2.24) is 14.9 Å². The highest BCUT2D eigenvalue weighted by atomic mass is 16.5. The van der Waals surface area contributed by atoms with Gasteiger partial charge in [0.1, 0.15) is 11.6 Å². The zero-order chi connectivity index (χ0) is 13.7. The van der Waals surface area contributed by atoms with E-state index in [1.807, 2.05) is 25.2 Å². The molecule has 1 aromatic carbocycles. The fourth-order valence-electron chi connectivity index (χ4n) is 1.86. The molecule has 0 amide bonds. The molecule has 0 aliphatic rings. The van der Waals surface area contributed by atoms with Gasteiger partial charge in [0, 0.05) is 13.1 Å². The lowest BCUT2D eigenvalue weighted by molar-refractivity contribution is 0.314. The number of methoxy groups -OCH3 is 1. The fraction of sp³-hybridized carbons (Fsp3) is 0.286. The minimum atomic E-state index is 0.444. The van der Waals surface area contributed by atoms with Gasteiger partial charge in [0.15, 0.2) is 0 Å². The molecule has 0 unspecified atom stereocenters. The smallest absolute Gasteiger partial charge is 0.141 e. The third-order valence-corrected chi connectivity index (χ3v) is 2.74. The highest BCUT2D eigenvalue weighted by molar-refractivity contribution is 5.28. The topological polar surface area (TPSA) is 64.3 Å². The average molecular weight is 258 g/mol. The van der Waals surface area contributed by atoms with Crippen molar-refractivity contribution in [2.75, 3.05) is 19.9 Å². The molecular formula is C14H18N4O. The Balaban J connectivity index is 1.96. The van der Waals surface area contributed by atoms with Crippen LogP contribution in [0.1, 0.15) is 11.3 Å². The van der Waals surface area contributed by atoms with Crippen LogP contribution in [0.15, 0.2) is 36.7 Å². The van der Waals surface area contributed by atoms with Crippen molar-refractivity contribution in [1.29, 1.82) is 0 Å². The van der Waals surface area contributed by atoms with Gasteiger partial charge in [-0.25, -0.2) is 4.98 Å². The van der Waals surface area contributed by atoms with Crippen molar-refractivity contribution in [3.8, 4) is 5.75 Å². The maximum Gasteiger partial charge on any atom is 0.141 e. The Morgan fingerprint density at radius 1 is 1.21 bits per heavy atom. The maximum atomic E-state index is 5.51. The summed E-state index contributed by atoms with van der Waals surface area (Å²) in [4.78, 5) is 10.4. The van der Waals surface area contributed by atoms with E-state index in [2.05, 4.69) is 20.9 Å². The fourth-order valence-corrected chi connectivity index (χ4v) is 1.86. The SMILES string of the molecule is COc1cccc(CN(C)Cc2cnc(N)cn2)c1. The van der Waals surface area contributed by atoms with Crippen molar-refractivity contribution < 1.29 is 4.74 Å². The largest absolute Gasteiger partial charge is 0.497 e. The third-order valence-electron chi connectivity index (χ3n) is 2.74. The molecule has 0 bridgehead atoms. The van der Waals surface area contributed by atoms with Crippen LogP contribution in [0.3, 0.4) is 0 Å². The highest BCUT2D eigenvalue weighted by Gasteiger charge is 2.04. The normalized spacial score (nSPS) is 10.7. The number of hydrogen-bond acceptors (Lipinski definition) is 5. The molecule has 19 heavy (non-hydrogen) atoms. The van der Waals surface area contributed by atoms with E-state index in [1.54, 1.807) is 19.5 Å². The van der Waals surface area contributed by atoms with Crippen LogP contribution in [0, 0.1) is 0 Å². The number of nitrogen functional groups attached to an aromatic ring is 1. The van der Waals surface area contributed by atoms with Crippen LogP contribution in [0.5, 0.6) is 5.75 Å².